The van der Waals surface area contributed by atoms with Gasteiger partial charge in [-0.3, -0.25) is 9.59 Å². The molecule has 1 unspecified atom stereocenters. The van der Waals surface area contributed by atoms with E-state index < -0.39 is 6.10 Å². The maximum absolute atomic E-state index is 12.3. The molecule has 0 rings (SSSR count). The molecule has 0 spiro atoms. The highest BCUT2D eigenvalue weighted by Crippen LogP contribution is 2.18. The molecule has 0 amide bonds. The molecule has 0 aliphatic carbocycles. The molecule has 0 fully saturated rings. The number of hydrogen-bond donors (Lipinski definition) is 1. The molecule has 0 bridgehead atoms. The van der Waals surface area contributed by atoms with Crippen molar-refractivity contribution in [1.82, 2.24) is 0 Å². The number of carbonyl (C=O) groups excluding carboxylic acids is 2. The monoisotopic (exact) mass is 1030 g/mol. The third kappa shape index (κ3) is 61.9. The van der Waals surface area contributed by atoms with Crippen molar-refractivity contribution in [2.45, 2.75) is 341 Å². The van der Waals surface area contributed by atoms with Crippen molar-refractivity contribution in [3.05, 3.63) is 72.9 Å². The first-order valence-corrected chi connectivity index (χ1v) is 32.5. The Labute approximate surface area is 461 Å². The average molecular weight is 1030 g/mol. The number of ether oxygens (including phenoxy) is 2. The van der Waals surface area contributed by atoms with Crippen LogP contribution in [0.2, 0.25) is 0 Å². The third-order valence-electron chi connectivity index (χ3n) is 14.5. The minimum atomic E-state index is -0.779. The first-order chi connectivity index (χ1) is 36.6. The van der Waals surface area contributed by atoms with Gasteiger partial charge in [-0.2, -0.15) is 0 Å². The Hall–Kier alpha value is -2.66. The SMILES string of the molecule is CC/C=C\C/C=C\C/C=C\C/C=C\C/C=C\CCCCCCCCCCCC(=O)OC(CO)COC(=O)CCCCCCCCCCCCCCCCCCCCCCCCC/C=C\CCCCCCCCCC. The van der Waals surface area contributed by atoms with Gasteiger partial charge in [0.2, 0.25) is 0 Å². The highest BCUT2D eigenvalue weighted by atomic mass is 16.6. The summed E-state index contributed by atoms with van der Waals surface area (Å²) in [6, 6.07) is 0. The Bertz CT molecular complexity index is 1310. The maximum Gasteiger partial charge on any atom is 0.306 e. The fourth-order valence-electron chi connectivity index (χ4n) is 9.64. The molecule has 0 saturated heterocycles. The molecule has 1 N–H and O–H groups in total. The van der Waals surface area contributed by atoms with Crippen LogP contribution in [0.4, 0.5) is 0 Å². The number of rotatable bonds is 60. The zero-order valence-electron chi connectivity index (χ0n) is 49.4. The van der Waals surface area contributed by atoms with Crippen LogP contribution in [0.15, 0.2) is 72.9 Å². The van der Waals surface area contributed by atoms with Crippen molar-refractivity contribution in [3.63, 3.8) is 0 Å². The van der Waals surface area contributed by atoms with Crippen LogP contribution in [0, 0.1) is 0 Å². The number of allylic oxidation sites excluding steroid dienone is 12. The summed E-state index contributed by atoms with van der Waals surface area (Å²) in [4.78, 5) is 24.6. The molecule has 0 radical (unpaired) electrons. The second-order valence-electron chi connectivity index (χ2n) is 21.8. The van der Waals surface area contributed by atoms with Gasteiger partial charge < -0.3 is 14.6 Å². The van der Waals surface area contributed by atoms with Crippen molar-refractivity contribution >= 4 is 11.9 Å². The van der Waals surface area contributed by atoms with Crippen molar-refractivity contribution in [2.75, 3.05) is 13.2 Å². The molecule has 0 aromatic rings. The smallest absolute Gasteiger partial charge is 0.306 e. The van der Waals surface area contributed by atoms with Crippen molar-refractivity contribution in [1.29, 1.82) is 0 Å². The molecule has 1 atom stereocenters. The van der Waals surface area contributed by atoms with Crippen molar-refractivity contribution in [3.8, 4) is 0 Å². The van der Waals surface area contributed by atoms with Crippen LogP contribution >= 0.6 is 0 Å². The van der Waals surface area contributed by atoms with E-state index in [1.807, 2.05) is 0 Å². The Morgan fingerprint density at radius 3 is 0.892 bits per heavy atom. The van der Waals surface area contributed by atoms with E-state index in [4.69, 9.17) is 9.47 Å². The summed E-state index contributed by atoms with van der Waals surface area (Å²) in [6.45, 7) is 4.06. The van der Waals surface area contributed by atoms with E-state index in [-0.39, 0.29) is 25.2 Å². The van der Waals surface area contributed by atoms with Crippen LogP contribution in [-0.2, 0) is 19.1 Å². The lowest BCUT2D eigenvalue weighted by molar-refractivity contribution is -0.161. The van der Waals surface area contributed by atoms with E-state index >= 15 is 0 Å². The maximum atomic E-state index is 12.3. The van der Waals surface area contributed by atoms with Crippen LogP contribution in [0.25, 0.3) is 0 Å². The Balaban J connectivity index is 3.43. The number of hydrogen-bond acceptors (Lipinski definition) is 5. The van der Waals surface area contributed by atoms with Crippen molar-refractivity contribution < 1.29 is 24.2 Å². The van der Waals surface area contributed by atoms with E-state index in [0.717, 1.165) is 70.6 Å². The second kappa shape index (κ2) is 64.6. The lowest BCUT2D eigenvalue weighted by Gasteiger charge is -2.15. The van der Waals surface area contributed by atoms with Gasteiger partial charge in [0.25, 0.3) is 0 Å². The van der Waals surface area contributed by atoms with Gasteiger partial charge in [0, 0.05) is 12.8 Å². The normalized spacial score (nSPS) is 12.6. The summed E-state index contributed by atoms with van der Waals surface area (Å²) in [5.74, 6) is -0.585. The minimum absolute atomic E-state index is 0.0675. The number of aliphatic hydroxyl groups is 1. The third-order valence-corrected chi connectivity index (χ3v) is 14.5. The highest BCUT2D eigenvalue weighted by Gasteiger charge is 2.16. The van der Waals surface area contributed by atoms with Gasteiger partial charge in [0.1, 0.15) is 6.61 Å². The highest BCUT2D eigenvalue weighted by molar-refractivity contribution is 5.70. The molecule has 430 valence electrons. The Morgan fingerprint density at radius 2 is 0.581 bits per heavy atom. The summed E-state index contributed by atoms with van der Waals surface area (Å²) in [6.07, 6.45) is 89.2. The predicted molar refractivity (Wildman–Crippen MR) is 325 cm³/mol. The molecule has 74 heavy (non-hydrogen) atoms. The van der Waals surface area contributed by atoms with Gasteiger partial charge >= 0.3 is 11.9 Å². The molecular formula is C69H124O5. The predicted octanol–water partition coefficient (Wildman–Crippen LogP) is 22.3. The molecule has 0 aliphatic rings. The van der Waals surface area contributed by atoms with Crippen LogP contribution in [0.3, 0.4) is 0 Å². The zero-order chi connectivity index (χ0) is 53.4. The van der Waals surface area contributed by atoms with Gasteiger partial charge in [0.05, 0.1) is 6.61 Å². The lowest BCUT2D eigenvalue weighted by atomic mass is 10.0. The molecule has 0 aromatic carbocycles. The van der Waals surface area contributed by atoms with Gasteiger partial charge in [-0.1, -0.05) is 311 Å². The van der Waals surface area contributed by atoms with Crippen molar-refractivity contribution in [2.24, 2.45) is 0 Å². The summed E-state index contributed by atoms with van der Waals surface area (Å²) in [5, 5.41) is 9.68. The Morgan fingerprint density at radius 1 is 0.324 bits per heavy atom. The summed E-state index contributed by atoms with van der Waals surface area (Å²) < 4.78 is 10.7. The first kappa shape index (κ1) is 71.3. The van der Waals surface area contributed by atoms with Crippen LogP contribution in [0.5, 0.6) is 0 Å². The molecule has 5 nitrogen and oxygen atoms in total. The minimum Gasteiger partial charge on any atom is -0.462 e. The molecule has 0 aromatic heterocycles. The van der Waals surface area contributed by atoms with E-state index in [1.54, 1.807) is 0 Å². The standard InChI is InChI=1S/C69H124O5/c1-3-5-7-9-11-13-15-17-19-21-23-25-27-29-30-31-32-33-34-35-36-37-38-40-41-43-45-47-49-51-53-55-57-59-61-63-68(71)73-66-67(65-70)74-69(72)64-62-60-58-56-54-52-50-48-46-44-42-39-28-26-24-22-20-18-16-14-12-10-8-6-4-2/h6,8,12,14,18,20-21,23-24,26,39,42,67,70H,3-5,7,9-11,13,15-17,19,22,25,27-38,40-41,43-66H2,1-2H3/b8-6-,14-12-,20-18-,23-21-,26-24-,42-39-. The first-order valence-electron chi connectivity index (χ1n) is 32.5. The molecule has 0 saturated carbocycles. The van der Waals surface area contributed by atoms with Gasteiger partial charge in [-0.15, -0.1) is 0 Å². The number of aliphatic hydroxyl groups excluding tert-OH is 1. The quantitative estimate of drug-likeness (QED) is 0.0373. The van der Waals surface area contributed by atoms with Crippen LogP contribution < -0.4 is 0 Å². The van der Waals surface area contributed by atoms with E-state index in [0.29, 0.717) is 12.8 Å². The van der Waals surface area contributed by atoms with Gasteiger partial charge in [-0.25, -0.2) is 0 Å². The summed E-state index contributed by atoms with van der Waals surface area (Å²) in [5.41, 5.74) is 0. The number of unbranched alkanes of at least 4 members (excludes halogenated alkanes) is 40. The second-order valence-corrected chi connectivity index (χ2v) is 21.8. The Kier molecular flexibility index (Phi) is 62.3. The topological polar surface area (TPSA) is 72.8 Å². The molecular weight excluding hydrogens is 909 g/mol. The lowest BCUT2D eigenvalue weighted by Crippen LogP contribution is -2.28. The van der Waals surface area contributed by atoms with E-state index in [2.05, 4.69) is 86.8 Å². The summed E-state index contributed by atoms with van der Waals surface area (Å²) in [7, 11) is 0. The van der Waals surface area contributed by atoms with E-state index in [1.165, 1.54) is 238 Å². The average Bonchev–Trinajstić information content (AvgIpc) is 3.40. The summed E-state index contributed by atoms with van der Waals surface area (Å²) >= 11 is 0. The van der Waals surface area contributed by atoms with E-state index in [9.17, 15) is 14.7 Å². The molecule has 5 heteroatoms. The molecule has 0 aliphatic heterocycles. The van der Waals surface area contributed by atoms with Gasteiger partial charge in [-0.05, 0) is 83.5 Å². The fourth-order valence-corrected chi connectivity index (χ4v) is 9.64. The number of esters is 2. The fraction of sp³-hybridized carbons (Fsp3) is 0.797. The van der Waals surface area contributed by atoms with Gasteiger partial charge in [0.15, 0.2) is 6.10 Å². The number of carbonyl (C=O) groups is 2. The zero-order valence-corrected chi connectivity index (χ0v) is 49.4. The van der Waals surface area contributed by atoms with Crippen LogP contribution in [-0.4, -0.2) is 36.4 Å². The molecule has 0 heterocycles. The largest absolute Gasteiger partial charge is 0.462 e. The van der Waals surface area contributed by atoms with Crippen LogP contribution in [0.1, 0.15) is 335 Å².